The van der Waals surface area contributed by atoms with E-state index in [-0.39, 0.29) is 12.5 Å². The first-order valence-corrected chi connectivity index (χ1v) is 9.56. The summed E-state index contributed by atoms with van der Waals surface area (Å²) in [6.07, 6.45) is 0. The summed E-state index contributed by atoms with van der Waals surface area (Å²) in [5.74, 6) is 0.257. The second-order valence-corrected chi connectivity index (χ2v) is 7.24. The Balaban J connectivity index is 1.49. The minimum atomic E-state index is -0.337. The van der Waals surface area contributed by atoms with Gasteiger partial charge in [-0.3, -0.25) is 4.79 Å². The van der Waals surface area contributed by atoms with Crippen LogP contribution in [0.15, 0.2) is 60.7 Å². The van der Waals surface area contributed by atoms with E-state index in [0.29, 0.717) is 32.5 Å². The Morgan fingerprint density at radius 3 is 2.48 bits per heavy atom. The fourth-order valence-corrected chi connectivity index (χ4v) is 3.25. The van der Waals surface area contributed by atoms with Crippen LogP contribution >= 0.6 is 23.2 Å². The molecule has 0 fully saturated rings. The van der Waals surface area contributed by atoms with E-state index >= 15 is 0 Å². The summed E-state index contributed by atoms with van der Waals surface area (Å²) in [5, 5.41) is 12.6. The number of fused-ring (bicyclic) bond motifs is 1. The molecule has 1 heterocycles. The van der Waals surface area contributed by atoms with Gasteiger partial charge in [0, 0.05) is 5.02 Å². The number of aromatic nitrogens is 3. The van der Waals surface area contributed by atoms with Crippen LogP contribution in [-0.4, -0.2) is 27.5 Å². The number of carbonyl (C=O) groups is 1. The molecule has 1 aromatic heterocycles. The maximum atomic E-state index is 12.3. The first-order chi connectivity index (χ1) is 14.0. The molecule has 6 nitrogen and oxygen atoms in total. The molecule has 0 atom stereocenters. The van der Waals surface area contributed by atoms with Gasteiger partial charge in [0.2, 0.25) is 0 Å². The molecule has 0 saturated carbocycles. The lowest BCUT2D eigenvalue weighted by atomic mass is 10.2. The number of para-hydroxylation sites is 1. The van der Waals surface area contributed by atoms with Gasteiger partial charge in [0.05, 0.1) is 16.4 Å². The maximum Gasteiger partial charge on any atom is 0.262 e. The van der Waals surface area contributed by atoms with Crippen LogP contribution in [0.4, 0.5) is 5.69 Å². The molecule has 0 unspecified atom stereocenters. The van der Waals surface area contributed by atoms with Gasteiger partial charge in [-0.1, -0.05) is 41.4 Å². The van der Waals surface area contributed by atoms with E-state index in [4.69, 9.17) is 27.9 Å². The van der Waals surface area contributed by atoms with Crippen molar-refractivity contribution >= 4 is 45.8 Å². The standard InChI is InChI=1S/C21H16Cl2N4O2/c1-13-9-14(22)7-8-20(13)29-12-21(28)24-17-11-19-18(10-16(17)23)25-27(26-19)15-5-3-2-4-6-15/h2-11H,12H2,1H3,(H,24,28). The third kappa shape index (κ3) is 4.34. The SMILES string of the molecule is Cc1cc(Cl)ccc1OCC(=O)Nc1cc2nn(-c3ccccc3)nc2cc1Cl. The number of rotatable bonds is 5. The van der Waals surface area contributed by atoms with Gasteiger partial charge in [-0.15, -0.1) is 10.2 Å². The van der Waals surface area contributed by atoms with Gasteiger partial charge in [0.1, 0.15) is 16.8 Å². The highest BCUT2D eigenvalue weighted by Gasteiger charge is 2.12. The van der Waals surface area contributed by atoms with Crippen molar-refractivity contribution in [1.82, 2.24) is 15.0 Å². The first-order valence-electron chi connectivity index (χ1n) is 8.80. The summed E-state index contributed by atoms with van der Waals surface area (Å²) in [7, 11) is 0. The van der Waals surface area contributed by atoms with Gasteiger partial charge in [-0.2, -0.15) is 4.80 Å². The normalized spacial score (nSPS) is 10.9. The molecule has 0 aliphatic carbocycles. The maximum absolute atomic E-state index is 12.3. The van der Waals surface area contributed by atoms with E-state index in [1.165, 1.54) is 4.80 Å². The molecule has 1 amide bonds. The number of hydrogen-bond acceptors (Lipinski definition) is 4. The lowest BCUT2D eigenvalue weighted by molar-refractivity contribution is -0.118. The van der Waals surface area contributed by atoms with Crippen molar-refractivity contribution in [3.8, 4) is 11.4 Å². The second kappa shape index (κ2) is 8.11. The minimum absolute atomic E-state index is 0.159. The molecule has 3 aromatic carbocycles. The molecule has 4 rings (SSSR count). The van der Waals surface area contributed by atoms with Crippen molar-refractivity contribution in [2.24, 2.45) is 0 Å². The Morgan fingerprint density at radius 1 is 1.03 bits per heavy atom. The summed E-state index contributed by atoms with van der Waals surface area (Å²) in [6.45, 7) is 1.70. The number of nitrogens with one attached hydrogen (secondary N) is 1. The number of ether oxygens (including phenoxy) is 1. The molecule has 0 saturated heterocycles. The van der Waals surface area contributed by atoms with E-state index < -0.39 is 0 Å². The number of hydrogen-bond donors (Lipinski definition) is 1. The van der Waals surface area contributed by atoms with Crippen LogP contribution < -0.4 is 10.1 Å². The molecule has 8 heteroatoms. The molecule has 0 radical (unpaired) electrons. The zero-order chi connectivity index (χ0) is 20.4. The van der Waals surface area contributed by atoms with Crippen molar-refractivity contribution in [2.45, 2.75) is 6.92 Å². The first kappa shape index (κ1) is 19.2. The lowest BCUT2D eigenvalue weighted by Crippen LogP contribution is -2.20. The average molecular weight is 427 g/mol. The molecule has 0 aliphatic rings. The average Bonchev–Trinajstić information content (AvgIpc) is 3.11. The van der Waals surface area contributed by atoms with Crippen molar-refractivity contribution in [3.63, 3.8) is 0 Å². The summed E-state index contributed by atoms with van der Waals surface area (Å²) >= 11 is 12.2. The Bertz CT molecular complexity index is 1190. The number of benzene rings is 3. The fraction of sp³-hybridized carbons (Fsp3) is 0.0952. The van der Waals surface area contributed by atoms with Crippen LogP contribution in [0.25, 0.3) is 16.7 Å². The van der Waals surface area contributed by atoms with Gasteiger partial charge in [-0.25, -0.2) is 0 Å². The van der Waals surface area contributed by atoms with Gasteiger partial charge in [-0.05, 0) is 55.0 Å². The van der Waals surface area contributed by atoms with Crippen LogP contribution in [0.3, 0.4) is 0 Å². The summed E-state index contributed by atoms with van der Waals surface area (Å²) in [6, 6.07) is 18.1. The van der Waals surface area contributed by atoms with Crippen molar-refractivity contribution in [2.75, 3.05) is 11.9 Å². The summed E-state index contributed by atoms with van der Waals surface area (Å²) in [4.78, 5) is 13.8. The van der Waals surface area contributed by atoms with Crippen molar-refractivity contribution in [1.29, 1.82) is 0 Å². The number of aryl methyl sites for hydroxylation is 1. The molecule has 0 spiro atoms. The van der Waals surface area contributed by atoms with E-state index in [2.05, 4.69) is 15.5 Å². The van der Waals surface area contributed by atoms with E-state index in [0.717, 1.165) is 11.3 Å². The highest BCUT2D eigenvalue weighted by atomic mass is 35.5. The number of amides is 1. The topological polar surface area (TPSA) is 69.0 Å². The molecule has 0 bridgehead atoms. The Morgan fingerprint density at radius 2 is 1.76 bits per heavy atom. The largest absolute Gasteiger partial charge is 0.483 e. The summed E-state index contributed by atoms with van der Waals surface area (Å²) < 4.78 is 5.57. The van der Waals surface area contributed by atoms with E-state index in [1.807, 2.05) is 37.3 Å². The monoisotopic (exact) mass is 426 g/mol. The minimum Gasteiger partial charge on any atom is -0.483 e. The number of nitrogens with zero attached hydrogens (tertiary/aromatic N) is 3. The Labute approximate surface area is 177 Å². The third-order valence-electron chi connectivity index (χ3n) is 4.23. The zero-order valence-electron chi connectivity index (χ0n) is 15.4. The predicted molar refractivity (Wildman–Crippen MR) is 114 cm³/mol. The van der Waals surface area contributed by atoms with Crippen LogP contribution in [0.5, 0.6) is 5.75 Å². The highest BCUT2D eigenvalue weighted by Crippen LogP contribution is 2.27. The van der Waals surface area contributed by atoms with Crippen LogP contribution in [0.1, 0.15) is 5.56 Å². The molecule has 29 heavy (non-hydrogen) atoms. The van der Waals surface area contributed by atoms with Gasteiger partial charge in [0.25, 0.3) is 5.91 Å². The fourth-order valence-electron chi connectivity index (χ4n) is 2.81. The Hall–Kier alpha value is -3.09. The zero-order valence-corrected chi connectivity index (χ0v) is 16.9. The molecule has 0 aliphatic heterocycles. The van der Waals surface area contributed by atoms with Gasteiger partial charge < -0.3 is 10.1 Å². The third-order valence-corrected chi connectivity index (χ3v) is 4.77. The number of anilines is 1. The molecule has 1 N–H and O–H groups in total. The van der Waals surface area contributed by atoms with Crippen LogP contribution in [-0.2, 0) is 4.79 Å². The van der Waals surface area contributed by atoms with E-state index in [1.54, 1.807) is 30.3 Å². The lowest BCUT2D eigenvalue weighted by Gasteiger charge is -2.10. The van der Waals surface area contributed by atoms with Crippen LogP contribution in [0.2, 0.25) is 10.0 Å². The second-order valence-electron chi connectivity index (χ2n) is 6.39. The Kier molecular flexibility index (Phi) is 5.38. The smallest absolute Gasteiger partial charge is 0.262 e. The quantitative estimate of drug-likeness (QED) is 0.484. The molecular weight excluding hydrogens is 411 g/mol. The van der Waals surface area contributed by atoms with Crippen molar-refractivity contribution in [3.05, 3.63) is 76.3 Å². The molecule has 4 aromatic rings. The van der Waals surface area contributed by atoms with Gasteiger partial charge >= 0.3 is 0 Å². The van der Waals surface area contributed by atoms with Crippen LogP contribution in [0, 0.1) is 6.92 Å². The molecule has 146 valence electrons. The van der Waals surface area contributed by atoms with Crippen molar-refractivity contribution < 1.29 is 9.53 Å². The predicted octanol–water partition coefficient (Wildman–Crippen LogP) is 5.05. The number of halogens is 2. The molecular formula is C21H16Cl2N4O2. The summed E-state index contributed by atoms with van der Waals surface area (Å²) in [5.41, 5.74) is 3.37. The van der Waals surface area contributed by atoms with Gasteiger partial charge in [0.15, 0.2) is 6.61 Å². The van der Waals surface area contributed by atoms with E-state index in [9.17, 15) is 4.79 Å². The number of carbonyl (C=O) groups excluding carboxylic acids is 1. The highest BCUT2D eigenvalue weighted by molar-refractivity contribution is 6.34.